The van der Waals surface area contributed by atoms with E-state index >= 15 is 0 Å². The average Bonchev–Trinajstić information content (AvgIpc) is 1.90. The van der Waals surface area contributed by atoms with Crippen LogP contribution >= 0.6 is 0 Å². The van der Waals surface area contributed by atoms with Crippen LogP contribution in [0.3, 0.4) is 0 Å². The van der Waals surface area contributed by atoms with Crippen LogP contribution in [0.2, 0.25) is 0 Å². The zero-order valence-corrected chi connectivity index (χ0v) is 10.7. The molecule has 1 radical (unpaired) electrons. The van der Waals surface area contributed by atoms with Crippen molar-refractivity contribution in [3.8, 4) is 0 Å². The maximum atomic E-state index is 10.2. The van der Waals surface area contributed by atoms with Crippen LogP contribution in [0.4, 0.5) is 0 Å². The van der Waals surface area contributed by atoms with Gasteiger partial charge in [0, 0.05) is 58.2 Å². The molecule has 1 rings (SSSR count). The molecular formula is C7H6O2Rb. The van der Waals surface area contributed by atoms with Gasteiger partial charge in [-0.1, -0.05) is 18.2 Å². The summed E-state index contributed by atoms with van der Waals surface area (Å²) < 4.78 is 0. The topological polar surface area (TPSA) is 37.3 Å². The van der Waals surface area contributed by atoms with E-state index in [1.165, 1.54) is 0 Å². The van der Waals surface area contributed by atoms with E-state index in [9.17, 15) is 4.79 Å². The van der Waals surface area contributed by atoms with Crippen molar-refractivity contribution in [2.75, 3.05) is 0 Å². The predicted molar refractivity (Wildman–Crippen MR) is 39.2 cm³/mol. The Morgan fingerprint density at radius 2 is 1.70 bits per heavy atom. The van der Waals surface area contributed by atoms with Gasteiger partial charge in [-0.15, -0.1) is 0 Å². The molecule has 3 heteroatoms. The Balaban J connectivity index is 0.000000810. The standard InChI is InChI=1S/C7H6O2.Rb/c8-7(9)6-4-2-1-3-5-6;/h1-5H,(H,8,9);. The third-order valence-corrected chi connectivity index (χ3v) is 1.02. The fraction of sp³-hybridized carbons (Fsp3) is 0. The first-order chi connectivity index (χ1) is 4.30. The van der Waals surface area contributed by atoms with Gasteiger partial charge in [0.25, 0.3) is 0 Å². The molecule has 0 aromatic heterocycles. The van der Waals surface area contributed by atoms with Gasteiger partial charge in [-0.05, 0) is 12.1 Å². The van der Waals surface area contributed by atoms with Crippen molar-refractivity contribution >= 4 is 64.2 Å². The molecule has 10 heavy (non-hydrogen) atoms. The summed E-state index contributed by atoms with van der Waals surface area (Å²) in [5, 5.41) is 8.38. The molecule has 47 valence electrons. The van der Waals surface area contributed by atoms with Gasteiger partial charge in [-0.2, -0.15) is 0 Å². The number of hydrogen-bond acceptors (Lipinski definition) is 1. The monoisotopic (exact) mass is 207 g/mol. The molecule has 0 fully saturated rings. The SMILES string of the molecule is O=C(O)c1ccccc1.[Rb]. The average molecular weight is 208 g/mol. The molecule has 0 atom stereocenters. The van der Waals surface area contributed by atoms with Gasteiger partial charge in [0.2, 0.25) is 0 Å². The van der Waals surface area contributed by atoms with Crippen molar-refractivity contribution in [3.05, 3.63) is 35.9 Å². The summed E-state index contributed by atoms with van der Waals surface area (Å²) in [4.78, 5) is 10.2. The molecule has 1 aromatic carbocycles. The Morgan fingerprint density at radius 1 is 1.20 bits per heavy atom. The molecule has 0 saturated heterocycles. The van der Waals surface area contributed by atoms with Crippen LogP contribution in [0, 0.1) is 0 Å². The van der Waals surface area contributed by atoms with E-state index < -0.39 is 5.97 Å². The van der Waals surface area contributed by atoms with Crippen LogP contribution in [-0.4, -0.2) is 69.3 Å². The fourth-order valence-electron chi connectivity index (χ4n) is 0.581. The minimum atomic E-state index is -0.879. The third kappa shape index (κ3) is 3.06. The first-order valence-corrected chi connectivity index (χ1v) is 2.59. The van der Waals surface area contributed by atoms with Crippen LogP contribution in [0.5, 0.6) is 0 Å². The van der Waals surface area contributed by atoms with Crippen LogP contribution in [0.1, 0.15) is 10.4 Å². The second-order valence-electron chi connectivity index (χ2n) is 1.67. The van der Waals surface area contributed by atoms with Gasteiger partial charge in [0.15, 0.2) is 0 Å². The summed E-state index contributed by atoms with van der Waals surface area (Å²) in [7, 11) is 0. The number of rotatable bonds is 1. The Kier molecular flexibility index (Phi) is 5.44. The van der Waals surface area contributed by atoms with Crippen molar-refractivity contribution in [1.29, 1.82) is 0 Å². The van der Waals surface area contributed by atoms with Crippen LogP contribution in [0.15, 0.2) is 30.3 Å². The molecular weight excluding hydrogens is 202 g/mol. The molecule has 1 aromatic rings. The Bertz CT molecular complexity index is 208. The maximum Gasteiger partial charge on any atom is 0.335 e. The summed E-state index contributed by atoms with van der Waals surface area (Å²) in [6.45, 7) is 0. The van der Waals surface area contributed by atoms with Crippen molar-refractivity contribution in [3.63, 3.8) is 0 Å². The second-order valence-corrected chi connectivity index (χ2v) is 1.67. The molecule has 0 heterocycles. The van der Waals surface area contributed by atoms with Gasteiger partial charge in [0.05, 0.1) is 5.56 Å². The van der Waals surface area contributed by atoms with E-state index in [1.54, 1.807) is 30.3 Å². The number of aromatic carboxylic acids is 1. The number of carbonyl (C=O) groups is 1. The Hall–Kier alpha value is 0.495. The van der Waals surface area contributed by atoms with Gasteiger partial charge >= 0.3 is 5.97 Å². The van der Waals surface area contributed by atoms with E-state index in [0.29, 0.717) is 5.56 Å². The van der Waals surface area contributed by atoms with Crippen molar-refractivity contribution in [2.24, 2.45) is 0 Å². The minimum absolute atomic E-state index is 0. The Labute approximate surface area is 108 Å². The normalized spacial score (nSPS) is 8.00. The molecule has 0 spiro atoms. The summed E-state index contributed by atoms with van der Waals surface area (Å²) in [6, 6.07) is 8.30. The quantitative estimate of drug-likeness (QED) is 0.746. The predicted octanol–water partition coefficient (Wildman–Crippen LogP) is 1.00. The van der Waals surface area contributed by atoms with Crippen LogP contribution < -0.4 is 0 Å². The molecule has 0 unspecified atom stereocenters. The molecule has 2 nitrogen and oxygen atoms in total. The van der Waals surface area contributed by atoms with Crippen LogP contribution in [-0.2, 0) is 0 Å². The molecule has 0 aliphatic rings. The molecule has 0 aliphatic carbocycles. The third-order valence-electron chi connectivity index (χ3n) is 1.02. The van der Waals surface area contributed by atoms with E-state index in [2.05, 4.69) is 0 Å². The summed E-state index contributed by atoms with van der Waals surface area (Å²) >= 11 is 0. The van der Waals surface area contributed by atoms with Crippen LogP contribution in [0.25, 0.3) is 0 Å². The first kappa shape index (κ1) is 10.5. The molecule has 0 aliphatic heterocycles. The van der Waals surface area contributed by atoms with Gasteiger partial charge < -0.3 is 5.11 Å². The van der Waals surface area contributed by atoms with Gasteiger partial charge in [0.1, 0.15) is 0 Å². The summed E-state index contributed by atoms with van der Waals surface area (Å²) in [6.07, 6.45) is 0. The molecule has 0 bridgehead atoms. The second kappa shape index (κ2) is 5.19. The van der Waals surface area contributed by atoms with Gasteiger partial charge in [-0.3, -0.25) is 0 Å². The maximum absolute atomic E-state index is 10.2. The molecule has 0 saturated carbocycles. The van der Waals surface area contributed by atoms with Gasteiger partial charge in [-0.25, -0.2) is 4.79 Å². The molecule has 1 N–H and O–H groups in total. The van der Waals surface area contributed by atoms with Crippen molar-refractivity contribution in [1.82, 2.24) is 0 Å². The largest absolute Gasteiger partial charge is 0.478 e. The van der Waals surface area contributed by atoms with E-state index in [0.717, 1.165) is 0 Å². The Morgan fingerprint density at radius 3 is 2.00 bits per heavy atom. The summed E-state index contributed by atoms with van der Waals surface area (Å²) in [5.74, 6) is -0.879. The van der Waals surface area contributed by atoms with Crippen molar-refractivity contribution < 1.29 is 9.90 Å². The minimum Gasteiger partial charge on any atom is -0.478 e. The van der Waals surface area contributed by atoms with E-state index in [-0.39, 0.29) is 58.2 Å². The first-order valence-electron chi connectivity index (χ1n) is 2.59. The number of benzene rings is 1. The zero-order valence-electron chi connectivity index (χ0n) is 5.74. The zero-order chi connectivity index (χ0) is 6.69. The fourth-order valence-corrected chi connectivity index (χ4v) is 0.581. The smallest absolute Gasteiger partial charge is 0.335 e. The van der Waals surface area contributed by atoms with E-state index in [1.807, 2.05) is 0 Å². The number of carboxylic acids is 1. The molecule has 0 amide bonds. The number of hydrogen-bond donors (Lipinski definition) is 1. The summed E-state index contributed by atoms with van der Waals surface area (Å²) in [5.41, 5.74) is 0.331. The number of carboxylic acid groups (broad SMARTS) is 1. The van der Waals surface area contributed by atoms with Crippen molar-refractivity contribution in [2.45, 2.75) is 0 Å². The van der Waals surface area contributed by atoms with E-state index in [4.69, 9.17) is 5.11 Å².